The summed E-state index contributed by atoms with van der Waals surface area (Å²) in [5, 5.41) is 11.3. The van der Waals surface area contributed by atoms with Gasteiger partial charge in [-0.3, -0.25) is 4.79 Å². The van der Waals surface area contributed by atoms with E-state index in [-0.39, 0.29) is 23.5 Å². The summed E-state index contributed by atoms with van der Waals surface area (Å²) in [6, 6.07) is 3.47. The number of carboxylic acid groups (broad SMARTS) is 1. The lowest BCUT2D eigenvalue weighted by atomic mass is 10.1. The maximum Gasteiger partial charge on any atom is 0.339 e. The fraction of sp³-hybridized carbons (Fsp3) is 0.182. The first kappa shape index (κ1) is 11.9. The lowest BCUT2D eigenvalue weighted by Crippen LogP contribution is -2.30. The SMILES string of the molecule is COc1cc(N2C(=O)CNC2=O)ccc1C(=O)O. The van der Waals surface area contributed by atoms with Crippen LogP contribution in [0.3, 0.4) is 0 Å². The summed E-state index contributed by atoms with van der Waals surface area (Å²) in [5.41, 5.74) is 0.241. The average molecular weight is 250 g/mol. The lowest BCUT2D eigenvalue weighted by molar-refractivity contribution is -0.115. The van der Waals surface area contributed by atoms with Gasteiger partial charge in [0.05, 0.1) is 19.3 Å². The van der Waals surface area contributed by atoms with Crippen LogP contribution in [0.4, 0.5) is 10.5 Å². The van der Waals surface area contributed by atoms with Crippen molar-refractivity contribution in [1.29, 1.82) is 0 Å². The molecule has 0 bridgehead atoms. The third-order valence-electron chi connectivity index (χ3n) is 2.52. The number of nitrogens with one attached hydrogen (secondary N) is 1. The van der Waals surface area contributed by atoms with Gasteiger partial charge < -0.3 is 15.2 Å². The van der Waals surface area contributed by atoms with Crippen LogP contribution in [0, 0.1) is 0 Å². The Balaban J connectivity index is 2.44. The number of ether oxygens (including phenoxy) is 1. The van der Waals surface area contributed by atoms with E-state index in [1.807, 2.05) is 0 Å². The van der Waals surface area contributed by atoms with E-state index in [4.69, 9.17) is 9.84 Å². The Morgan fingerprint density at radius 2 is 2.17 bits per heavy atom. The molecule has 0 aliphatic carbocycles. The van der Waals surface area contributed by atoms with Gasteiger partial charge in [0.25, 0.3) is 5.91 Å². The van der Waals surface area contributed by atoms with Crippen LogP contribution in [0.1, 0.15) is 10.4 Å². The molecule has 0 unspecified atom stereocenters. The second kappa shape index (κ2) is 4.36. The van der Waals surface area contributed by atoms with Crippen molar-refractivity contribution >= 4 is 23.6 Å². The van der Waals surface area contributed by atoms with E-state index < -0.39 is 17.9 Å². The molecule has 0 saturated carbocycles. The van der Waals surface area contributed by atoms with Crippen LogP contribution >= 0.6 is 0 Å². The first-order valence-electron chi connectivity index (χ1n) is 5.06. The van der Waals surface area contributed by atoms with Crippen molar-refractivity contribution in [3.05, 3.63) is 23.8 Å². The number of benzene rings is 1. The highest BCUT2D eigenvalue weighted by molar-refractivity contribution is 6.20. The molecule has 1 aliphatic heterocycles. The molecule has 2 N–H and O–H groups in total. The summed E-state index contributed by atoms with van der Waals surface area (Å²) < 4.78 is 4.93. The molecule has 1 aliphatic rings. The largest absolute Gasteiger partial charge is 0.496 e. The van der Waals surface area contributed by atoms with Crippen molar-refractivity contribution in [1.82, 2.24) is 5.32 Å². The zero-order valence-corrected chi connectivity index (χ0v) is 9.47. The van der Waals surface area contributed by atoms with Crippen molar-refractivity contribution < 1.29 is 24.2 Å². The summed E-state index contributed by atoms with van der Waals surface area (Å²) in [6.45, 7) is -0.0676. The van der Waals surface area contributed by atoms with Gasteiger partial charge in [-0.05, 0) is 12.1 Å². The van der Waals surface area contributed by atoms with Crippen LogP contribution in [-0.2, 0) is 4.79 Å². The minimum atomic E-state index is -1.14. The molecular weight excluding hydrogens is 240 g/mol. The van der Waals surface area contributed by atoms with Crippen LogP contribution in [0.15, 0.2) is 18.2 Å². The van der Waals surface area contributed by atoms with E-state index in [9.17, 15) is 14.4 Å². The number of methoxy groups -OCH3 is 1. The topological polar surface area (TPSA) is 95.9 Å². The molecule has 7 heteroatoms. The molecule has 0 radical (unpaired) electrons. The number of amides is 3. The number of anilines is 1. The summed E-state index contributed by atoms with van der Waals surface area (Å²) in [5.74, 6) is -1.45. The first-order valence-corrected chi connectivity index (χ1v) is 5.06. The maximum atomic E-state index is 11.5. The Hall–Kier alpha value is -2.57. The fourth-order valence-corrected chi connectivity index (χ4v) is 1.68. The molecule has 1 saturated heterocycles. The molecule has 0 spiro atoms. The summed E-state index contributed by atoms with van der Waals surface area (Å²) in [6.07, 6.45) is 0. The van der Waals surface area contributed by atoms with Crippen molar-refractivity contribution in [2.45, 2.75) is 0 Å². The van der Waals surface area contributed by atoms with Gasteiger partial charge in [-0.1, -0.05) is 0 Å². The molecular formula is C11H10N2O5. The average Bonchev–Trinajstić information content (AvgIpc) is 2.68. The summed E-state index contributed by atoms with van der Waals surface area (Å²) >= 11 is 0. The Morgan fingerprint density at radius 1 is 1.44 bits per heavy atom. The number of hydrogen-bond donors (Lipinski definition) is 2. The van der Waals surface area contributed by atoms with Gasteiger partial charge in [0, 0.05) is 6.07 Å². The first-order chi connectivity index (χ1) is 8.54. The van der Waals surface area contributed by atoms with Gasteiger partial charge >= 0.3 is 12.0 Å². The van der Waals surface area contributed by atoms with Gasteiger partial charge in [-0.25, -0.2) is 14.5 Å². The Bertz CT molecular complexity index is 524. The van der Waals surface area contributed by atoms with E-state index in [2.05, 4.69) is 5.32 Å². The monoisotopic (exact) mass is 250 g/mol. The lowest BCUT2D eigenvalue weighted by Gasteiger charge is -2.14. The van der Waals surface area contributed by atoms with E-state index in [0.717, 1.165) is 4.90 Å². The number of hydrogen-bond acceptors (Lipinski definition) is 4. The van der Waals surface area contributed by atoms with Crippen LogP contribution in [-0.4, -0.2) is 36.7 Å². The highest BCUT2D eigenvalue weighted by Crippen LogP contribution is 2.26. The third-order valence-corrected chi connectivity index (χ3v) is 2.52. The molecule has 1 heterocycles. The number of carboxylic acids is 1. The zero-order chi connectivity index (χ0) is 13.3. The normalized spacial score (nSPS) is 14.6. The van der Waals surface area contributed by atoms with E-state index in [1.54, 1.807) is 0 Å². The molecule has 18 heavy (non-hydrogen) atoms. The van der Waals surface area contributed by atoms with Crippen LogP contribution in [0.5, 0.6) is 5.75 Å². The zero-order valence-electron chi connectivity index (χ0n) is 9.47. The highest BCUT2D eigenvalue weighted by Gasteiger charge is 2.30. The Morgan fingerprint density at radius 3 is 2.67 bits per heavy atom. The Kier molecular flexibility index (Phi) is 2.88. The summed E-state index contributed by atoms with van der Waals surface area (Å²) in [7, 11) is 1.32. The van der Waals surface area contributed by atoms with Crippen LogP contribution in [0.25, 0.3) is 0 Å². The standard InChI is InChI=1S/C11H10N2O5/c1-18-8-4-6(2-3-7(8)10(15)16)13-9(14)5-12-11(13)17/h2-4H,5H2,1H3,(H,12,17)(H,15,16). The van der Waals surface area contributed by atoms with Gasteiger partial charge in [0.15, 0.2) is 0 Å². The van der Waals surface area contributed by atoms with E-state index in [0.29, 0.717) is 0 Å². The number of carbonyl (C=O) groups excluding carboxylic acids is 2. The van der Waals surface area contributed by atoms with E-state index in [1.165, 1.54) is 25.3 Å². The number of imide groups is 1. The van der Waals surface area contributed by atoms with Gasteiger partial charge in [0.1, 0.15) is 11.3 Å². The van der Waals surface area contributed by atoms with Gasteiger partial charge in [-0.2, -0.15) is 0 Å². The molecule has 2 rings (SSSR count). The van der Waals surface area contributed by atoms with Gasteiger partial charge in [-0.15, -0.1) is 0 Å². The molecule has 1 fully saturated rings. The molecule has 7 nitrogen and oxygen atoms in total. The molecule has 3 amide bonds. The predicted octanol–water partition coefficient (Wildman–Crippen LogP) is 0.450. The van der Waals surface area contributed by atoms with Crippen molar-refractivity contribution in [3.63, 3.8) is 0 Å². The quantitative estimate of drug-likeness (QED) is 0.759. The smallest absolute Gasteiger partial charge is 0.339 e. The second-order valence-corrected chi connectivity index (χ2v) is 3.58. The number of nitrogens with zero attached hydrogens (tertiary/aromatic N) is 1. The minimum absolute atomic E-state index is 0.0340. The van der Waals surface area contributed by atoms with Crippen molar-refractivity contribution in [2.24, 2.45) is 0 Å². The van der Waals surface area contributed by atoms with E-state index >= 15 is 0 Å². The second-order valence-electron chi connectivity index (χ2n) is 3.58. The highest BCUT2D eigenvalue weighted by atomic mass is 16.5. The van der Waals surface area contributed by atoms with Crippen molar-refractivity contribution in [2.75, 3.05) is 18.6 Å². The third kappa shape index (κ3) is 1.86. The number of aromatic carboxylic acids is 1. The number of rotatable bonds is 3. The van der Waals surface area contributed by atoms with Crippen LogP contribution < -0.4 is 15.0 Å². The number of carbonyl (C=O) groups is 3. The predicted molar refractivity (Wildman–Crippen MR) is 60.8 cm³/mol. The fourth-order valence-electron chi connectivity index (χ4n) is 1.68. The molecule has 0 aromatic heterocycles. The maximum absolute atomic E-state index is 11.5. The Labute approximate surface area is 102 Å². The molecule has 94 valence electrons. The van der Waals surface area contributed by atoms with Crippen LogP contribution in [0.2, 0.25) is 0 Å². The number of urea groups is 1. The van der Waals surface area contributed by atoms with Crippen molar-refractivity contribution in [3.8, 4) is 5.75 Å². The van der Waals surface area contributed by atoms with Gasteiger partial charge in [0.2, 0.25) is 0 Å². The summed E-state index contributed by atoms with van der Waals surface area (Å²) in [4.78, 5) is 34.8. The molecule has 0 atom stereocenters. The molecule has 1 aromatic rings. The molecule has 1 aromatic carbocycles. The minimum Gasteiger partial charge on any atom is -0.496 e.